The van der Waals surface area contributed by atoms with Crippen molar-refractivity contribution in [2.75, 3.05) is 19.8 Å². The Morgan fingerprint density at radius 3 is 2.85 bits per heavy atom. The molecule has 2 rings (SSSR count). The predicted molar refractivity (Wildman–Crippen MR) is 72.6 cm³/mol. The number of rotatable bonds is 3. The number of amides is 2. The summed E-state index contributed by atoms with van der Waals surface area (Å²) in [5.41, 5.74) is 0.260. The van der Waals surface area contributed by atoms with Crippen LogP contribution in [0.4, 0.5) is 0 Å². The maximum atomic E-state index is 12.4. The van der Waals surface area contributed by atoms with E-state index in [1.165, 1.54) is 17.2 Å². The minimum absolute atomic E-state index is 0.00103. The van der Waals surface area contributed by atoms with Gasteiger partial charge in [0.25, 0.3) is 5.91 Å². The van der Waals surface area contributed by atoms with E-state index in [0.29, 0.717) is 13.2 Å². The van der Waals surface area contributed by atoms with Gasteiger partial charge in [0.05, 0.1) is 25.0 Å². The van der Waals surface area contributed by atoms with Crippen molar-refractivity contribution in [3.63, 3.8) is 0 Å². The summed E-state index contributed by atoms with van der Waals surface area (Å²) in [6.07, 6.45) is 1.35. The van der Waals surface area contributed by atoms with Crippen molar-refractivity contribution in [3.05, 3.63) is 23.1 Å². The van der Waals surface area contributed by atoms with E-state index in [-0.39, 0.29) is 35.2 Å². The molecule has 1 aliphatic rings. The average molecular weight is 301 g/mol. The number of hydrogen-bond donors (Lipinski definition) is 1. The molecule has 0 radical (unpaired) electrons. The Morgan fingerprint density at radius 2 is 2.25 bits per heavy atom. The Morgan fingerprint density at radius 1 is 1.50 bits per heavy atom. The maximum absolute atomic E-state index is 12.4. The molecule has 1 atom stereocenters. The van der Waals surface area contributed by atoms with Crippen LogP contribution in [-0.4, -0.2) is 48.6 Å². The van der Waals surface area contributed by atoms with Crippen LogP contribution in [0.3, 0.4) is 0 Å². The van der Waals surface area contributed by atoms with Gasteiger partial charge in [0.15, 0.2) is 0 Å². The van der Waals surface area contributed by atoms with Gasteiger partial charge in [-0.15, -0.1) is 0 Å². The minimum atomic E-state index is -0.649. The molecular formula is C13H17ClN2O4. The average Bonchev–Trinajstić information content (AvgIpc) is 2.83. The van der Waals surface area contributed by atoms with Crippen LogP contribution in [-0.2, 0) is 9.53 Å². The summed E-state index contributed by atoms with van der Waals surface area (Å²) >= 11 is 5.82. The van der Waals surface area contributed by atoms with Crippen LogP contribution in [0.5, 0.6) is 0 Å². The molecule has 20 heavy (non-hydrogen) atoms. The van der Waals surface area contributed by atoms with E-state index < -0.39 is 6.04 Å². The first-order chi connectivity index (χ1) is 9.50. The number of carbonyl (C=O) groups is 2. The third kappa shape index (κ3) is 3.13. The Labute approximate surface area is 122 Å². The van der Waals surface area contributed by atoms with Gasteiger partial charge in [-0.1, -0.05) is 0 Å². The van der Waals surface area contributed by atoms with Crippen LogP contribution in [0.25, 0.3) is 0 Å². The second kappa shape index (κ2) is 6.28. The number of nitrogens with one attached hydrogen (secondary N) is 1. The molecular weight excluding hydrogens is 284 g/mol. The van der Waals surface area contributed by atoms with E-state index in [1.54, 1.807) is 0 Å². The number of halogens is 1. The smallest absolute Gasteiger partial charge is 0.259 e. The lowest BCUT2D eigenvalue weighted by atomic mass is 10.1. The molecule has 0 spiro atoms. The van der Waals surface area contributed by atoms with Crippen molar-refractivity contribution in [1.82, 2.24) is 10.2 Å². The zero-order valence-corrected chi connectivity index (χ0v) is 12.1. The van der Waals surface area contributed by atoms with E-state index in [0.717, 1.165) is 0 Å². The summed E-state index contributed by atoms with van der Waals surface area (Å²) in [6.45, 7) is 4.64. The Hall–Kier alpha value is -1.53. The number of morpholine rings is 1. The van der Waals surface area contributed by atoms with Gasteiger partial charge in [0.1, 0.15) is 6.04 Å². The molecule has 1 saturated heterocycles. The second-order valence-electron chi connectivity index (χ2n) is 4.86. The molecule has 0 bridgehead atoms. The number of hydrogen-bond acceptors (Lipinski definition) is 4. The molecule has 6 nitrogen and oxygen atoms in total. The van der Waals surface area contributed by atoms with Crippen molar-refractivity contribution >= 4 is 23.4 Å². The van der Waals surface area contributed by atoms with E-state index in [1.807, 2.05) is 13.8 Å². The third-order valence-corrected chi connectivity index (χ3v) is 3.26. The van der Waals surface area contributed by atoms with Crippen LogP contribution in [0.15, 0.2) is 16.7 Å². The molecule has 7 heteroatoms. The molecule has 1 N–H and O–H groups in total. The summed E-state index contributed by atoms with van der Waals surface area (Å²) < 4.78 is 10.2. The third-order valence-electron chi connectivity index (χ3n) is 2.97. The molecule has 1 aliphatic heterocycles. The summed E-state index contributed by atoms with van der Waals surface area (Å²) in [5, 5.41) is 2.82. The molecule has 1 aromatic heterocycles. The maximum Gasteiger partial charge on any atom is 0.259 e. The Kier molecular flexibility index (Phi) is 4.67. The minimum Gasteiger partial charge on any atom is -0.452 e. The Bertz CT molecular complexity index is 500. The first kappa shape index (κ1) is 14.9. The van der Waals surface area contributed by atoms with Crippen LogP contribution >= 0.6 is 11.6 Å². The van der Waals surface area contributed by atoms with Gasteiger partial charge in [-0.3, -0.25) is 9.59 Å². The summed E-state index contributed by atoms with van der Waals surface area (Å²) in [4.78, 5) is 26.0. The van der Waals surface area contributed by atoms with Crippen LogP contribution < -0.4 is 5.32 Å². The summed E-state index contributed by atoms with van der Waals surface area (Å²) in [5.74, 6) is -0.552. The van der Waals surface area contributed by atoms with Crippen LogP contribution in [0.1, 0.15) is 24.2 Å². The lowest BCUT2D eigenvalue weighted by molar-refractivity contribution is -0.131. The highest BCUT2D eigenvalue weighted by Gasteiger charge is 2.34. The number of nitrogens with zero attached hydrogens (tertiary/aromatic N) is 1. The van der Waals surface area contributed by atoms with Gasteiger partial charge in [0, 0.05) is 12.6 Å². The van der Waals surface area contributed by atoms with Crippen molar-refractivity contribution in [2.24, 2.45) is 0 Å². The van der Waals surface area contributed by atoms with Gasteiger partial charge < -0.3 is 19.4 Å². The summed E-state index contributed by atoms with van der Waals surface area (Å²) in [6, 6.07) is 0.848. The largest absolute Gasteiger partial charge is 0.452 e. The highest BCUT2D eigenvalue weighted by molar-refractivity contribution is 6.32. The van der Waals surface area contributed by atoms with E-state index in [4.69, 9.17) is 20.8 Å². The molecule has 1 fully saturated rings. The normalized spacial score (nSPS) is 19.2. The molecule has 0 saturated carbocycles. The Balaban J connectivity index is 2.17. The molecule has 2 heterocycles. The molecule has 2 amide bonds. The predicted octanol–water partition coefficient (Wildman–Crippen LogP) is 1.30. The van der Waals surface area contributed by atoms with Crippen LogP contribution in [0, 0.1) is 0 Å². The zero-order chi connectivity index (χ0) is 14.7. The van der Waals surface area contributed by atoms with E-state index in [2.05, 4.69) is 5.32 Å². The topological polar surface area (TPSA) is 71.8 Å². The van der Waals surface area contributed by atoms with Crippen molar-refractivity contribution in [2.45, 2.75) is 25.9 Å². The zero-order valence-electron chi connectivity index (χ0n) is 11.4. The lowest BCUT2D eigenvalue weighted by Gasteiger charge is -2.34. The number of ether oxygens (including phenoxy) is 1. The van der Waals surface area contributed by atoms with Gasteiger partial charge in [-0.2, -0.15) is 0 Å². The standard InChI is InChI=1S/C13H17ClN2O4/c1-8(2)15-12(17)10-7-19-6-4-16(10)13(18)9-3-5-20-11(9)14/h3,5,8,10H,4,6-7H2,1-2H3,(H,15,17). The molecule has 0 aromatic carbocycles. The number of carbonyl (C=O) groups excluding carboxylic acids is 2. The fourth-order valence-electron chi connectivity index (χ4n) is 2.05. The first-order valence-electron chi connectivity index (χ1n) is 6.42. The van der Waals surface area contributed by atoms with Gasteiger partial charge in [-0.25, -0.2) is 0 Å². The molecule has 0 aliphatic carbocycles. The number of furan rings is 1. The quantitative estimate of drug-likeness (QED) is 0.913. The fraction of sp³-hybridized carbons (Fsp3) is 0.538. The van der Waals surface area contributed by atoms with Gasteiger partial charge in [0.2, 0.25) is 11.1 Å². The molecule has 1 aromatic rings. The molecule has 1 unspecified atom stereocenters. The lowest BCUT2D eigenvalue weighted by Crippen LogP contribution is -2.56. The van der Waals surface area contributed by atoms with Crippen LogP contribution in [0.2, 0.25) is 5.22 Å². The fourth-order valence-corrected chi connectivity index (χ4v) is 2.24. The molecule has 110 valence electrons. The first-order valence-corrected chi connectivity index (χ1v) is 6.80. The van der Waals surface area contributed by atoms with E-state index >= 15 is 0 Å². The highest BCUT2D eigenvalue weighted by Crippen LogP contribution is 2.21. The highest BCUT2D eigenvalue weighted by atomic mass is 35.5. The van der Waals surface area contributed by atoms with Crippen molar-refractivity contribution < 1.29 is 18.7 Å². The van der Waals surface area contributed by atoms with E-state index in [9.17, 15) is 9.59 Å². The SMILES string of the molecule is CC(C)NC(=O)C1COCCN1C(=O)c1ccoc1Cl. The van der Waals surface area contributed by atoms with Gasteiger partial charge in [-0.05, 0) is 31.5 Å². The summed E-state index contributed by atoms with van der Waals surface area (Å²) in [7, 11) is 0. The second-order valence-corrected chi connectivity index (χ2v) is 5.20. The van der Waals surface area contributed by atoms with Crippen molar-refractivity contribution in [1.29, 1.82) is 0 Å². The monoisotopic (exact) mass is 300 g/mol. The van der Waals surface area contributed by atoms with Gasteiger partial charge >= 0.3 is 0 Å². The van der Waals surface area contributed by atoms with Crippen molar-refractivity contribution in [3.8, 4) is 0 Å².